The number of halogens is 1. The van der Waals surface area contributed by atoms with Crippen molar-refractivity contribution in [1.29, 1.82) is 0 Å². The van der Waals surface area contributed by atoms with E-state index in [4.69, 9.17) is 0 Å². The van der Waals surface area contributed by atoms with Gasteiger partial charge >= 0.3 is 6.03 Å². The Kier molecular flexibility index (Phi) is 6.87. The summed E-state index contributed by atoms with van der Waals surface area (Å²) < 4.78 is 44.5. The molecule has 3 saturated heterocycles. The third-order valence-corrected chi connectivity index (χ3v) is 10.8. The number of alkyl halides is 1. The number of hydrogen-bond acceptors (Lipinski definition) is 8. The number of sulfonamides is 1. The molecule has 0 radical (unpaired) electrons. The number of nitrogens with one attached hydrogen (secondary N) is 3. The molecule has 3 N–H and O–H groups in total. The minimum Gasteiger partial charge on any atom is -0.319 e. The summed E-state index contributed by atoms with van der Waals surface area (Å²) in [6.07, 6.45) is 0.359. The average Bonchev–Trinajstić information content (AvgIpc) is 3.20. The van der Waals surface area contributed by atoms with E-state index in [2.05, 4.69) is 22.5 Å². The number of fused-ring (bicyclic) bond motifs is 1. The molecule has 0 bridgehead atoms. The van der Waals surface area contributed by atoms with Crippen molar-refractivity contribution < 1.29 is 22.4 Å². The third kappa shape index (κ3) is 5.02. The van der Waals surface area contributed by atoms with E-state index >= 15 is 4.39 Å². The summed E-state index contributed by atoms with van der Waals surface area (Å²) in [6, 6.07) is -0.762. The number of imide groups is 1. The Morgan fingerprint density at radius 2 is 1.86 bits per heavy atom. The van der Waals surface area contributed by atoms with Crippen LogP contribution >= 0.6 is 0 Å². The summed E-state index contributed by atoms with van der Waals surface area (Å²) in [4.78, 5) is 30.4. The quantitative estimate of drug-likeness (QED) is 0.418. The summed E-state index contributed by atoms with van der Waals surface area (Å²) >= 11 is 0. The van der Waals surface area contributed by atoms with Crippen molar-refractivity contribution in [3.8, 4) is 0 Å². The van der Waals surface area contributed by atoms with Gasteiger partial charge in [-0.15, -0.1) is 0 Å². The van der Waals surface area contributed by atoms with E-state index in [1.165, 1.54) is 4.90 Å². The smallest absolute Gasteiger partial charge is 0.319 e. The molecular formula is C23H40FN7O4S. The van der Waals surface area contributed by atoms with E-state index in [1.54, 1.807) is 4.90 Å². The molecule has 5 aliphatic rings. The van der Waals surface area contributed by atoms with E-state index in [0.717, 1.165) is 19.3 Å². The second-order valence-corrected chi connectivity index (χ2v) is 13.8. The van der Waals surface area contributed by atoms with Gasteiger partial charge in [-0.2, -0.15) is 0 Å². The van der Waals surface area contributed by atoms with E-state index < -0.39 is 38.9 Å². The summed E-state index contributed by atoms with van der Waals surface area (Å²) in [5.41, 5.74) is 6.02. The van der Waals surface area contributed by atoms with Gasteiger partial charge in [-0.25, -0.2) is 32.3 Å². The van der Waals surface area contributed by atoms with Crippen LogP contribution in [0.15, 0.2) is 0 Å². The first-order chi connectivity index (χ1) is 16.9. The first-order valence-corrected chi connectivity index (χ1v) is 14.6. The molecule has 7 unspecified atom stereocenters. The molecule has 11 nitrogen and oxygen atoms in total. The van der Waals surface area contributed by atoms with Gasteiger partial charge in [0.2, 0.25) is 15.9 Å². The van der Waals surface area contributed by atoms with Gasteiger partial charge < -0.3 is 4.90 Å². The second-order valence-electron chi connectivity index (χ2n) is 11.9. The van der Waals surface area contributed by atoms with Crippen LogP contribution in [-0.4, -0.2) is 116 Å². The van der Waals surface area contributed by atoms with Gasteiger partial charge in [0.25, 0.3) is 0 Å². The average molecular weight is 530 g/mol. The Morgan fingerprint density at radius 3 is 2.44 bits per heavy atom. The number of likely N-dealkylation sites (N-methyl/N-ethyl adjacent to an activating group) is 1. The first kappa shape index (κ1) is 26.2. The summed E-state index contributed by atoms with van der Waals surface area (Å²) in [7, 11) is -0.113. The molecule has 5 fully saturated rings. The summed E-state index contributed by atoms with van der Waals surface area (Å²) in [5.74, 6) is -1.04. The molecule has 0 spiro atoms. The van der Waals surface area contributed by atoms with Crippen molar-refractivity contribution in [3.05, 3.63) is 0 Å². The standard InChI is InChI=1S/C23H40FN7O4S/c1-14-7-16(29(4)26-14)13-30-19-9-18(24)20(36(34,35)27-23(2)5-6-23)8-17(19)21(32)31(22(30)33)12-15-10-25-28(3)11-15/h14-20,25-27H,5-13H2,1-4H3. The van der Waals surface area contributed by atoms with Crippen LogP contribution in [0.4, 0.5) is 9.18 Å². The monoisotopic (exact) mass is 529 g/mol. The van der Waals surface area contributed by atoms with Gasteiger partial charge in [0, 0.05) is 76.3 Å². The van der Waals surface area contributed by atoms with Gasteiger partial charge in [0.05, 0.1) is 5.92 Å². The summed E-state index contributed by atoms with van der Waals surface area (Å²) in [5, 5.41) is 2.62. The maximum Gasteiger partial charge on any atom is 0.327 e. The molecule has 0 aromatic carbocycles. The number of rotatable bonds is 7. The van der Waals surface area contributed by atoms with Crippen LogP contribution in [0.3, 0.4) is 0 Å². The van der Waals surface area contributed by atoms with E-state index in [1.807, 2.05) is 31.0 Å². The summed E-state index contributed by atoms with van der Waals surface area (Å²) in [6.45, 7) is 5.86. The number of carbonyl (C=O) groups excluding carboxylic acids is 2. The number of carbonyl (C=O) groups is 2. The second kappa shape index (κ2) is 9.42. The Morgan fingerprint density at radius 1 is 1.14 bits per heavy atom. The zero-order chi connectivity index (χ0) is 26.0. The lowest BCUT2D eigenvalue weighted by Crippen LogP contribution is -2.67. The lowest BCUT2D eigenvalue weighted by molar-refractivity contribution is -0.142. The molecule has 0 aromatic rings. The van der Waals surface area contributed by atoms with E-state index in [0.29, 0.717) is 19.6 Å². The highest BCUT2D eigenvalue weighted by Gasteiger charge is 2.56. The number of nitrogens with zero attached hydrogens (tertiary/aromatic N) is 4. The molecule has 204 valence electrons. The Labute approximate surface area is 213 Å². The van der Waals surface area contributed by atoms with Crippen LogP contribution in [0.25, 0.3) is 0 Å². The fourth-order valence-electron chi connectivity index (χ4n) is 6.39. The number of amides is 3. The predicted octanol–water partition coefficient (Wildman–Crippen LogP) is -0.129. The van der Waals surface area contributed by atoms with Crippen LogP contribution in [0, 0.1) is 11.8 Å². The number of hydrogen-bond donors (Lipinski definition) is 3. The normalized spacial score (nSPS) is 39.6. The molecule has 3 aliphatic heterocycles. The molecule has 5 rings (SSSR count). The highest BCUT2D eigenvalue weighted by atomic mass is 32.2. The first-order valence-electron chi connectivity index (χ1n) is 13.1. The van der Waals surface area contributed by atoms with E-state index in [9.17, 15) is 18.0 Å². The van der Waals surface area contributed by atoms with E-state index in [-0.39, 0.29) is 49.3 Å². The Hall–Kier alpha value is -1.38. The van der Waals surface area contributed by atoms with Crippen molar-refractivity contribution in [1.82, 2.24) is 35.4 Å². The van der Waals surface area contributed by atoms with Crippen LogP contribution < -0.4 is 15.6 Å². The van der Waals surface area contributed by atoms with Gasteiger partial charge in [-0.05, 0) is 39.5 Å². The zero-order valence-electron chi connectivity index (χ0n) is 21.6. The molecule has 2 aliphatic carbocycles. The molecule has 2 saturated carbocycles. The van der Waals surface area contributed by atoms with Crippen molar-refractivity contribution in [2.45, 2.75) is 81.0 Å². The molecule has 36 heavy (non-hydrogen) atoms. The highest BCUT2D eigenvalue weighted by molar-refractivity contribution is 7.90. The van der Waals surface area contributed by atoms with Gasteiger partial charge in [-0.3, -0.25) is 20.5 Å². The fraction of sp³-hybridized carbons (Fsp3) is 0.913. The number of urea groups is 1. The minimum atomic E-state index is -3.95. The van der Waals surface area contributed by atoms with Crippen LogP contribution in [0.1, 0.15) is 46.0 Å². The Balaban J connectivity index is 1.40. The Bertz CT molecular complexity index is 995. The molecule has 3 heterocycles. The topological polar surface area (TPSA) is 117 Å². The van der Waals surface area contributed by atoms with Crippen molar-refractivity contribution in [2.24, 2.45) is 11.8 Å². The van der Waals surface area contributed by atoms with Gasteiger partial charge in [-0.1, -0.05) is 0 Å². The van der Waals surface area contributed by atoms with Crippen molar-refractivity contribution >= 4 is 22.0 Å². The van der Waals surface area contributed by atoms with Gasteiger partial charge in [0.15, 0.2) is 0 Å². The third-order valence-electron chi connectivity index (χ3n) is 8.70. The maximum absolute atomic E-state index is 15.5. The predicted molar refractivity (Wildman–Crippen MR) is 132 cm³/mol. The van der Waals surface area contributed by atoms with Crippen LogP contribution in [-0.2, 0) is 14.8 Å². The van der Waals surface area contributed by atoms with Crippen LogP contribution in [0.2, 0.25) is 0 Å². The minimum absolute atomic E-state index is 0.0231. The lowest BCUT2D eigenvalue weighted by Gasteiger charge is -2.50. The fourth-order valence-corrected chi connectivity index (χ4v) is 8.40. The molecular weight excluding hydrogens is 489 g/mol. The molecule has 0 aromatic heterocycles. The molecule has 7 atom stereocenters. The molecule has 13 heteroatoms. The highest BCUT2D eigenvalue weighted by Crippen LogP contribution is 2.41. The van der Waals surface area contributed by atoms with Crippen molar-refractivity contribution in [2.75, 3.05) is 40.3 Å². The zero-order valence-corrected chi connectivity index (χ0v) is 22.4. The largest absolute Gasteiger partial charge is 0.327 e. The van der Waals surface area contributed by atoms with Crippen molar-refractivity contribution in [3.63, 3.8) is 0 Å². The molecule has 3 amide bonds. The maximum atomic E-state index is 15.5. The van der Waals surface area contributed by atoms with Gasteiger partial charge in [0.1, 0.15) is 11.4 Å². The lowest BCUT2D eigenvalue weighted by atomic mass is 9.79. The number of hydrazine groups is 2. The SMILES string of the molecule is CC1CC(CN2C(=O)N(CC3CNN(C)C3)C(=O)C3CC(S(=O)(=O)NC4(C)CC4)C(F)CC32)N(C)N1. The van der Waals surface area contributed by atoms with Crippen LogP contribution in [0.5, 0.6) is 0 Å².